The zero-order chi connectivity index (χ0) is 9.47. The maximum atomic E-state index is 11.2. The second-order valence-electron chi connectivity index (χ2n) is 3.81. The lowest BCUT2D eigenvalue weighted by Crippen LogP contribution is -2.28. The Hall–Kier alpha value is -1.31. The maximum absolute atomic E-state index is 11.2. The van der Waals surface area contributed by atoms with E-state index < -0.39 is 0 Å². The Kier molecular flexibility index (Phi) is 1.65. The molecule has 0 saturated heterocycles. The van der Waals surface area contributed by atoms with Crippen LogP contribution in [0.25, 0.3) is 0 Å². The number of nitrogens with two attached hydrogens (primary N) is 1. The highest BCUT2D eigenvalue weighted by atomic mass is 16.1. The van der Waals surface area contributed by atoms with E-state index in [1.54, 1.807) is 0 Å². The number of primary amides is 1. The molecule has 0 spiro atoms. The Morgan fingerprint density at radius 3 is 2.23 bits per heavy atom. The number of rotatable bonds is 2. The van der Waals surface area contributed by atoms with Crippen molar-refractivity contribution >= 4 is 5.91 Å². The van der Waals surface area contributed by atoms with Crippen LogP contribution in [-0.2, 0) is 10.2 Å². The van der Waals surface area contributed by atoms with Crippen molar-refractivity contribution in [3.8, 4) is 0 Å². The van der Waals surface area contributed by atoms with E-state index in [2.05, 4.69) is 0 Å². The van der Waals surface area contributed by atoms with Crippen LogP contribution < -0.4 is 5.73 Å². The summed E-state index contributed by atoms with van der Waals surface area (Å²) in [7, 11) is 0. The SMILES string of the molecule is Cc1ccc(C2(C(N)=O)CC2)cc1. The molecular weight excluding hydrogens is 162 g/mol. The third-order valence-corrected chi connectivity index (χ3v) is 2.83. The molecule has 1 saturated carbocycles. The van der Waals surface area contributed by atoms with E-state index in [1.807, 2.05) is 31.2 Å². The average molecular weight is 175 g/mol. The second-order valence-corrected chi connectivity index (χ2v) is 3.81. The van der Waals surface area contributed by atoms with Crippen molar-refractivity contribution in [3.63, 3.8) is 0 Å². The molecule has 0 heterocycles. The molecule has 2 heteroatoms. The summed E-state index contributed by atoms with van der Waals surface area (Å²) in [4.78, 5) is 11.2. The molecule has 1 aromatic carbocycles. The molecule has 1 aromatic rings. The van der Waals surface area contributed by atoms with Gasteiger partial charge in [-0.05, 0) is 25.3 Å². The third kappa shape index (κ3) is 1.22. The minimum atomic E-state index is -0.326. The van der Waals surface area contributed by atoms with Gasteiger partial charge in [0.05, 0.1) is 5.41 Å². The number of aryl methyl sites for hydroxylation is 1. The van der Waals surface area contributed by atoms with Crippen molar-refractivity contribution in [2.45, 2.75) is 25.2 Å². The summed E-state index contributed by atoms with van der Waals surface area (Å²) >= 11 is 0. The molecule has 0 radical (unpaired) electrons. The van der Waals surface area contributed by atoms with Gasteiger partial charge in [0, 0.05) is 0 Å². The normalized spacial score (nSPS) is 18.2. The molecule has 1 aliphatic rings. The zero-order valence-electron chi connectivity index (χ0n) is 7.71. The topological polar surface area (TPSA) is 43.1 Å². The number of amides is 1. The fourth-order valence-electron chi connectivity index (χ4n) is 1.67. The molecule has 2 rings (SSSR count). The molecule has 0 aliphatic heterocycles. The van der Waals surface area contributed by atoms with Gasteiger partial charge in [-0.3, -0.25) is 4.79 Å². The van der Waals surface area contributed by atoms with Gasteiger partial charge in [-0.2, -0.15) is 0 Å². The molecule has 1 fully saturated rings. The van der Waals surface area contributed by atoms with E-state index in [-0.39, 0.29) is 11.3 Å². The minimum absolute atomic E-state index is 0.184. The van der Waals surface area contributed by atoms with Crippen LogP contribution >= 0.6 is 0 Å². The van der Waals surface area contributed by atoms with Gasteiger partial charge in [0.2, 0.25) is 5.91 Å². The Balaban J connectivity index is 2.36. The summed E-state index contributed by atoms with van der Waals surface area (Å²) in [6.07, 6.45) is 1.82. The van der Waals surface area contributed by atoms with Crippen molar-refractivity contribution in [1.29, 1.82) is 0 Å². The van der Waals surface area contributed by atoms with Gasteiger partial charge < -0.3 is 5.73 Å². The lowest BCUT2D eigenvalue weighted by Gasteiger charge is -2.10. The molecule has 68 valence electrons. The molecule has 1 amide bonds. The fourth-order valence-corrected chi connectivity index (χ4v) is 1.67. The molecule has 2 nitrogen and oxygen atoms in total. The smallest absolute Gasteiger partial charge is 0.228 e. The highest BCUT2D eigenvalue weighted by molar-refractivity contribution is 5.89. The number of hydrogen-bond acceptors (Lipinski definition) is 1. The Bertz CT molecular complexity index is 336. The van der Waals surface area contributed by atoms with Gasteiger partial charge in [0.25, 0.3) is 0 Å². The fraction of sp³-hybridized carbons (Fsp3) is 0.364. The highest BCUT2D eigenvalue weighted by Gasteiger charge is 2.49. The van der Waals surface area contributed by atoms with Gasteiger partial charge in [0.1, 0.15) is 0 Å². The van der Waals surface area contributed by atoms with Gasteiger partial charge in [-0.15, -0.1) is 0 Å². The molecule has 1 aliphatic carbocycles. The van der Waals surface area contributed by atoms with Crippen LogP contribution in [-0.4, -0.2) is 5.91 Å². The van der Waals surface area contributed by atoms with E-state index in [0.717, 1.165) is 18.4 Å². The van der Waals surface area contributed by atoms with E-state index in [4.69, 9.17) is 5.73 Å². The number of carbonyl (C=O) groups is 1. The van der Waals surface area contributed by atoms with Gasteiger partial charge in [-0.25, -0.2) is 0 Å². The van der Waals surface area contributed by atoms with Crippen LogP contribution in [0.15, 0.2) is 24.3 Å². The van der Waals surface area contributed by atoms with Crippen molar-refractivity contribution in [2.24, 2.45) is 5.73 Å². The van der Waals surface area contributed by atoms with Crippen molar-refractivity contribution in [1.82, 2.24) is 0 Å². The summed E-state index contributed by atoms with van der Waals surface area (Å²) < 4.78 is 0. The summed E-state index contributed by atoms with van der Waals surface area (Å²) in [5, 5.41) is 0. The first-order valence-electron chi connectivity index (χ1n) is 4.52. The van der Waals surface area contributed by atoms with Crippen LogP contribution in [0.4, 0.5) is 0 Å². The summed E-state index contributed by atoms with van der Waals surface area (Å²) in [5.41, 5.74) is 7.32. The van der Waals surface area contributed by atoms with Crippen molar-refractivity contribution < 1.29 is 4.79 Å². The van der Waals surface area contributed by atoms with Crippen LogP contribution in [0.3, 0.4) is 0 Å². The monoisotopic (exact) mass is 175 g/mol. The van der Waals surface area contributed by atoms with Crippen molar-refractivity contribution in [2.75, 3.05) is 0 Å². The van der Waals surface area contributed by atoms with Gasteiger partial charge >= 0.3 is 0 Å². The second kappa shape index (κ2) is 2.59. The maximum Gasteiger partial charge on any atom is 0.228 e. The van der Waals surface area contributed by atoms with Crippen LogP contribution in [0.2, 0.25) is 0 Å². The molecule has 0 bridgehead atoms. The molecule has 0 atom stereocenters. The predicted molar refractivity (Wildman–Crippen MR) is 51.3 cm³/mol. The molecule has 0 unspecified atom stereocenters. The standard InChI is InChI=1S/C11H13NO/c1-8-2-4-9(5-3-8)11(6-7-11)10(12)13/h2-5H,6-7H2,1H3,(H2,12,13). The highest BCUT2D eigenvalue weighted by Crippen LogP contribution is 2.47. The zero-order valence-corrected chi connectivity index (χ0v) is 7.71. The average Bonchev–Trinajstić information content (AvgIpc) is 2.86. The van der Waals surface area contributed by atoms with Gasteiger partial charge in [-0.1, -0.05) is 29.8 Å². The van der Waals surface area contributed by atoms with E-state index in [9.17, 15) is 4.79 Å². The number of carbonyl (C=O) groups excluding carboxylic acids is 1. The minimum Gasteiger partial charge on any atom is -0.369 e. The first-order chi connectivity index (χ1) is 6.15. The van der Waals surface area contributed by atoms with Crippen LogP contribution in [0, 0.1) is 6.92 Å². The Morgan fingerprint density at radius 2 is 1.85 bits per heavy atom. The first-order valence-corrected chi connectivity index (χ1v) is 4.52. The summed E-state index contributed by atoms with van der Waals surface area (Å²) in [6.45, 7) is 2.04. The number of hydrogen-bond donors (Lipinski definition) is 1. The quantitative estimate of drug-likeness (QED) is 0.727. The first kappa shape index (κ1) is 8.30. The summed E-state index contributed by atoms with van der Waals surface area (Å²) in [6, 6.07) is 8.07. The van der Waals surface area contributed by atoms with E-state index in [1.165, 1.54) is 5.56 Å². The third-order valence-electron chi connectivity index (χ3n) is 2.83. The molecule has 13 heavy (non-hydrogen) atoms. The number of benzene rings is 1. The van der Waals surface area contributed by atoms with Crippen molar-refractivity contribution in [3.05, 3.63) is 35.4 Å². The largest absolute Gasteiger partial charge is 0.369 e. The lowest BCUT2D eigenvalue weighted by molar-refractivity contribution is -0.120. The summed E-state index contributed by atoms with van der Waals surface area (Å²) in [5.74, 6) is -0.184. The molecule has 2 N–H and O–H groups in total. The van der Waals surface area contributed by atoms with E-state index >= 15 is 0 Å². The molecular formula is C11H13NO. The Labute approximate surface area is 77.8 Å². The Morgan fingerprint density at radius 1 is 1.31 bits per heavy atom. The van der Waals surface area contributed by atoms with Gasteiger partial charge in [0.15, 0.2) is 0 Å². The van der Waals surface area contributed by atoms with E-state index in [0.29, 0.717) is 0 Å². The van der Waals surface area contributed by atoms with Crippen LogP contribution in [0.1, 0.15) is 24.0 Å². The predicted octanol–water partition coefficient (Wildman–Crippen LogP) is 1.51. The molecule has 0 aromatic heterocycles. The van der Waals surface area contributed by atoms with Crippen LogP contribution in [0.5, 0.6) is 0 Å². The lowest BCUT2D eigenvalue weighted by atomic mass is 9.95.